The van der Waals surface area contributed by atoms with Crippen LogP contribution >= 0.6 is 35.6 Å². The lowest BCUT2D eigenvalue weighted by atomic mass is 10.1. The average molecular weight is 506 g/mol. The summed E-state index contributed by atoms with van der Waals surface area (Å²) in [6, 6.07) is 3.96. The normalized spacial score (nSPS) is 16.4. The second kappa shape index (κ2) is 10.8. The fourth-order valence-corrected chi connectivity index (χ4v) is 2.96. The van der Waals surface area contributed by atoms with Crippen molar-refractivity contribution < 1.29 is 4.74 Å². The van der Waals surface area contributed by atoms with Crippen molar-refractivity contribution in [1.29, 1.82) is 0 Å². The molecule has 0 saturated carbocycles. The first kappa shape index (κ1) is 21.8. The van der Waals surface area contributed by atoms with Gasteiger partial charge in [0.1, 0.15) is 17.6 Å². The molecule has 0 spiro atoms. The maximum atomic E-state index is 5.82. The van der Waals surface area contributed by atoms with Gasteiger partial charge in [-0.3, -0.25) is 0 Å². The number of methoxy groups -OCH3 is 1. The van der Waals surface area contributed by atoms with Crippen molar-refractivity contribution in [2.75, 3.05) is 13.7 Å². The Morgan fingerprint density at radius 1 is 1.44 bits per heavy atom. The van der Waals surface area contributed by atoms with E-state index in [1.165, 1.54) is 0 Å². The van der Waals surface area contributed by atoms with E-state index in [1.54, 1.807) is 19.4 Å². The van der Waals surface area contributed by atoms with Crippen LogP contribution in [0.4, 0.5) is 0 Å². The molecule has 10 heteroatoms. The standard InChI is InChI=1S/C17H24ClN7O.HI/c1-3-19-17(21-9-12-4-6-14(18)20-8-12)22-13-5-7-16-23-15(11-26-2)24-25(16)10-13;/h4,6,8,13H,3,5,7,9-11H2,1-2H3,(H2,19,21,22);1H. The summed E-state index contributed by atoms with van der Waals surface area (Å²) in [5, 5.41) is 11.8. The summed E-state index contributed by atoms with van der Waals surface area (Å²) in [6.45, 7) is 4.59. The van der Waals surface area contributed by atoms with E-state index in [2.05, 4.69) is 37.6 Å². The van der Waals surface area contributed by atoms with Crippen molar-refractivity contribution in [2.24, 2.45) is 4.99 Å². The largest absolute Gasteiger partial charge is 0.377 e. The number of aryl methyl sites for hydroxylation is 1. The van der Waals surface area contributed by atoms with Crippen LogP contribution in [-0.4, -0.2) is 45.4 Å². The zero-order chi connectivity index (χ0) is 18.4. The number of ether oxygens (including phenoxy) is 1. The lowest BCUT2D eigenvalue weighted by Gasteiger charge is -2.25. The van der Waals surface area contributed by atoms with Crippen LogP contribution in [0.3, 0.4) is 0 Å². The highest BCUT2D eigenvalue weighted by molar-refractivity contribution is 14.0. The number of guanidine groups is 1. The summed E-state index contributed by atoms with van der Waals surface area (Å²) in [5.41, 5.74) is 1.01. The SMILES string of the molecule is CCNC(=NCc1ccc(Cl)nc1)NC1CCc2nc(COC)nn2C1.I. The molecule has 0 fully saturated rings. The molecule has 2 aromatic rings. The Bertz CT molecular complexity index is 750. The summed E-state index contributed by atoms with van der Waals surface area (Å²) in [5.74, 6) is 2.54. The Labute approximate surface area is 181 Å². The van der Waals surface area contributed by atoms with E-state index in [4.69, 9.17) is 16.3 Å². The van der Waals surface area contributed by atoms with Gasteiger partial charge < -0.3 is 15.4 Å². The van der Waals surface area contributed by atoms with Crippen molar-refractivity contribution in [3.63, 3.8) is 0 Å². The van der Waals surface area contributed by atoms with E-state index in [1.807, 2.05) is 10.7 Å². The highest BCUT2D eigenvalue weighted by Crippen LogP contribution is 2.13. The first-order valence-electron chi connectivity index (χ1n) is 8.74. The van der Waals surface area contributed by atoms with Crippen molar-refractivity contribution in [3.05, 3.63) is 40.7 Å². The number of aliphatic imine (C=N–C) groups is 1. The second-order valence-electron chi connectivity index (χ2n) is 6.12. The van der Waals surface area contributed by atoms with Crippen molar-refractivity contribution in [2.45, 2.75) is 45.5 Å². The summed E-state index contributed by atoms with van der Waals surface area (Å²) >= 11 is 5.82. The molecule has 1 atom stereocenters. The molecule has 0 radical (unpaired) electrons. The number of nitrogens with one attached hydrogen (secondary N) is 2. The molecule has 0 amide bonds. The van der Waals surface area contributed by atoms with Gasteiger partial charge in [-0.25, -0.2) is 19.6 Å². The third-order valence-corrected chi connectivity index (χ3v) is 4.29. The van der Waals surface area contributed by atoms with Gasteiger partial charge in [-0.05, 0) is 25.0 Å². The zero-order valence-corrected chi connectivity index (χ0v) is 18.6. The number of fused-ring (bicyclic) bond motifs is 1. The van der Waals surface area contributed by atoms with Crippen molar-refractivity contribution in [1.82, 2.24) is 30.4 Å². The first-order valence-corrected chi connectivity index (χ1v) is 9.12. The number of hydrogen-bond acceptors (Lipinski definition) is 5. The van der Waals surface area contributed by atoms with Crippen LogP contribution in [0.15, 0.2) is 23.3 Å². The molecule has 148 valence electrons. The molecule has 1 aliphatic rings. The molecule has 2 aromatic heterocycles. The Kier molecular flexibility index (Phi) is 8.71. The molecule has 0 saturated heterocycles. The van der Waals surface area contributed by atoms with Gasteiger partial charge in [-0.2, -0.15) is 5.10 Å². The van der Waals surface area contributed by atoms with E-state index in [0.717, 1.165) is 49.1 Å². The van der Waals surface area contributed by atoms with Crippen LogP contribution in [0.2, 0.25) is 5.15 Å². The minimum Gasteiger partial charge on any atom is -0.377 e. The Balaban J connectivity index is 0.00000261. The molecule has 3 heterocycles. The second-order valence-corrected chi connectivity index (χ2v) is 6.51. The molecule has 1 aliphatic heterocycles. The van der Waals surface area contributed by atoms with E-state index < -0.39 is 0 Å². The highest BCUT2D eigenvalue weighted by atomic mass is 127. The number of nitrogens with zero attached hydrogens (tertiary/aromatic N) is 5. The van der Waals surface area contributed by atoms with Crippen molar-refractivity contribution >= 4 is 41.5 Å². The predicted octanol–water partition coefficient (Wildman–Crippen LogP) is 2.16. The lowest BCUT2D eigenvalue weighted by molar-refractivity contribution is 0.177. The maximum Gasteiger partial charge on any atom is 0.191 e. The van der Waals surface area contributed by atoms with Crippen LogP contribution in [0.5, 0.6) is 0 Å². The number of aromatic nitrogens is 4. The minimum atomic E-state index is 0. The number of hydrogen-bond donors (Lipinski definition) is 2. The Morgan fingerprint density at radius 2 is 2.30 bits per heavy atom. The smallest absolute Gasteiger partial charge is 0.191 e. The Morgan fingerprint density at radius 3 is 3.00 bits per heavy atom. The lowest BCUT2D eigenvalue weighted by Crippen LogP contribution is -2.47. The average Bonchev–Trinajstić information content (AvgIpc) is 3.03. The molecule has 1 unspecified atom stereocenters. The fraction of sp³-hybridized carbons (Fsp3) is 0.529. The van der Waals surface area contributed by atoms with Gasteiger partial charge in [0.25, 0.3) is 0 Å². The van der Waals surface area contributed by atoms with Crippen LogP contribution < -0.4 is 10.6 Å². The monoisotopic (exact) mass is 505 g/mol. The van der Waals surface area contributed by atoms with Crippen molar-refractivity contribution in [3.8, 4) is 0 Å². The molecule has 0 aromatic carbocycles. The Hall–Kier alpha value is -1.46. The molecule has 2 N–H and O–H groups in total. The van der Waals surface area contributed by atoms with Gasteiger partial charge in [-0.15, -0.1) is 24.0 Å². The van der Waals surface area contributed by atoms with Gasteiger partial charge in [0, 0.05) is 32.3 Å². The first-order chi connectivity index (χ1) is 12.7. The molecule has 27 heavy (non-hydrogen) atoms. The fourth-order valence-electron chi connectivity index (χ4n) is 2.85. The number of rotatable bonds is 6. The van der Waals surface area contributed by atoms with E-state index in [-0.39, 0.29) is 30.0 Å². The quantitative estimate of drug-likeness (QED) is 0.271. The summed E-state index contributed by atoms with van der Waals surface area (Å²) in [6.07, 6.45) is 3.61. The zero-order valence-electron chi connectivity index (χ0n) is 15.5. The molecule has 0 bridgehead atoms. The van der Waals surface area contributed by atoms with E-state index in [0.29, 0.717) is 18.3 Å². The molecular weight excluding hydrogens is 481 g/mol. The minimum absolute atomic E-state index is 0. The van der Waals surface area contributed by atoms with Gasteiger partial charge in [-0.1, -0.05) is 17.7 Å². The molecule has 0 aliphatic carbocycles. The maximum absolute atomic E-state index is 5.82. The van der Waals surface area contributed by atoms with Gasteiger partial charge in [0.05, 0.1) is 13.1 Å². The third-order valence-electron chi connectivity index (χ3n) is 4.07. The van der Waals surface area contributed by atoms with Gasteiger partial charge >= 0.3 is 0 Å². The number of pyridine rings is 1. The number of halogens is 2. The van der Waals surface area contributed by atoms with Gasteiger partial charge in [0.15, 0.2) is 11.8 Å². The summed E-state index contributed by atoms with van der Waals surface area (Å²) in [7, 11) is 1.65. The summed E-state index contributed by atoms with van der Waals surface area (Å²) < 4.78 is 7.07. The van der Waals surface area contributed by atoms with E-state index >= 15 is 0 Å². The van der Waals surface area contributed by atoms with Crippen LogP contribution in [0.1, 0.15) is 30.6 Å². The topological polar surface area (TPSA) is 89.2 Å². The van der Waals surface area contributed by atoms with Crippen LogP contribution in [-0.2, 0) is 30.9 Å². The highest BCUT2D eigenvalue weighted by Gasteiger charge is 2.22. The molecule has 3 rings (SSSR count). The summed E-state index contributed by atoms with van der Waals surface area (Å²) in [4.78, 5) is 13.2. The van der Waals surface area contributed by atoms with Crippen LogP contribution in [0, 0.1) is 0 Å². The predicted molar refractivity (Wildman–Crippen MR) is 115 cm³/mol. The molecule has 8 nitrogen and oxygen atoms in total. The van der Waals surface area contributed by atoms with Gasteiger partial charge in [0.2, 0.25) is 0 Å². The molecular formula is C17H25ClIN7O. The third kappa shape index (κ3) is 6.28. The van der Waals surface area contributed by atoms with E-state index in [9.17, 15) is 0 Å². The van der Waals surface area contributed by atoms with Crippen LogP contribution in [0.25, 0.3) is 0 Å².